The highest BCUT2D eigenvalue weighted by atomic mass is 16.2. The van der Waals surface area contributed by atoms with Crippen LogP contribution in [0, 0.1) is 0 Å². The van der Waals surface area contributed by atoms with Crippen LogP contribution in [0.4, 0.5) is 11.4 Å². The van der Waals surface area contributed by atoms with E-state index in [-0.39, 0.29) is 24.3 Å². The molecule has 0 saturated carbocycles. The molecule has 0 aliphatic carbocycles. The fourth-order valence-electron chi connectivity index (χ4n) is 3.53. The summed E-state index contributed by atoms with van der Waals surface area (Å²) in [5, 5.41) is 5.93. The van der Waals surface area contributed by atoms with Gasteiger partial charge in [0, 0.05) is 51.0 Å². The Morgan fingerprint density at radius 2 is 1.49 bits per heavy atom. The van der Waals surface area contributed by atoms with Gasteiger partial charge in [-0.2, -0.15) is 0 Å². The molecule has 0 aliphatic heterocycles. The van der Waals surface area contributed by atoms with Crippen molar-refractivity contribution < 1.29 is 14.4 Å². The van der Waals surface area contributed by atoms with Gasteiger partial charge < -0.3 is 20.4 Å². The van der Waals surface area contributed by atoms with Gasteiger partial charge in [-0.1, -0.05) is 48.5 Å². The summed E-state index contributed by atoms with van der Waals surface area (Å²) in [5.74, 6) is -0.199. The van der Waals surface area contributed by atoms with E-state index < -0.39 is 0 Å². The third kappa shape index (κ3) is 7.99. The minimum absolute atomic E-state index is 0.0661. The van der Waals surface area contributed by atoms with Crippen LogP contribution >= 0.6 is 0 Å². The second kappa shape index (κ2) is 12.4. The number of hydrogen-bond donors (Lipinski definition) is 2. The van der Waals surface area contributed by atoms with Crippen LogP contribution in [0.3, 0.4) is 0 Å². The van der Waals surface area contributed by atoms with Gasteiger partial charge >= 0.3 is 0 Å². The maximum atomic E-state index is 12.8. The molecule has 0 fully saturated rings. The van der Waals surface area contributed by atoms with Crippen molar-refractivity contribution in [2.45, 2.75) is 19.4 Å². The number of nitrogens with zero attached hydrogens (tertiary/aromatic N) is 2. The van der Waals surface area contributed by atoms with Crippen LogP contribution in [0.5, 0.6) is 0 Å². The molecule has 0 aliphatic rings. The maximum Gasteiger partial charge on any atom is 0.253 e. The van der Waals surface area contributed by atoms with Crippen LogP contribution in [-0.4, -0.2) is 55.2 Å². The van der Waals surface area contributed by atoms with Crippen LogP contribution < -0.4 is 10.6 Å². The zero-order valence-electron chi connectivity index (χ0n) is 20.5. The normalized spacial score (nSPS) is 10.4. The lowest BCUT2D eigenvalue weighted by atomic mass is 10.1. The predicted octanol–water partition coefficient (Wildman–Crippen LogP) is 4.03. The standard InChI is InChI=1S/C28H32N4O3/c1-31(2)27(34)17-14-21-12-15-24(16-13-21)30-26(33)19-29-25-11-7-10-23(18-25)28(35)32(3)20-22-8-5-4-6-9-22/h4-13,15-16,18,29H,14,17,19-20H2,1-3H3,(H,30,33). The Kier molecular flexibility index (Phi) is 9.01. The highest BCUT2D eigenvalue weighted by molar-refractivity contribution is 5.96. The molecule has 0 atom stereocenters. The van der Waals surface area contributed by atoms with Crippen LogP contribution in [0.2, 0.25) is 0 Å². The highest BCUT2D eigenvalue weighted by Gasteiger charge is 2.13. The monoisotopic (exact) mass is 472 g/mol. The average Bonchev–Trinajstić information content (AvgIpc) is 2.87. The summed E-state index contributed by atoms with van der Waals surface area (Å²) in [6.45, 7) is 0.584. The summed E-state index contributed by atoms with van der Waals surface area (Å²) in [5.41, 5.74) is 4.03. The van der Waals surface area contributed by atoms with E-state index in [0.717, 1.165) is 11.1 Å². The molecule has 3 aromatic carbocycles. The molecule has 0 spiro atoms. The molecule has 7 nitrogen and oxygen atoms in total. The van der Waals surface area contributed by atoms with Crippen LogP contribution in [-0.2, 0) is 22.6 Å². The van der Waals surface area contributed by atoms with Crippen LogP contribution in [0.15, 0.2) is 78.9 Å². The molecule has 2 N–H and O–H groups in total. The van der Waals surface area contributed by atoms with E-state index in [1.807, 2.05) is 60.7 Å². The second-order valence-electron chi connectivity index (χ2n) is 8.61. The molecule has 0 unspecified atom stereocenters. The first-order valence-corrected chi connectivity index (χ1v) is 11.5. The van der Waals surface area contributed by atoms with Gasteiger partial charge in [0.1, 0.15) is 0 Å². The number of amides is 3. The largest absolute Gasteiger partial charge is 0.376 e. The van der Waals surface area contributed by atoms with E-state index in [2.05, 4.69) is 10.6 Å². The van der Waals surface area contributed by atoms with Crippen molar-refractivity contribution in [3.05, 3.63) is 95.6 Å². The van der Waals surface area contributed by atoms with Crippen molar-refractivity contribution in [3.63, 3.8) is 0 Å². The first-order chi connectivity index (χ1) is 16.8. The number of nitrogens with one attached hydrogen (secondary N) is 2. The average molecular weight is 473 g/mol. The number of aryl methyl sites for hydroxylation is 1. The van der Waals surface area contributed by atoms with E-state index in [1.165, 1.54) is 0 Å². The SMILES string of the molecule is CN(C)C(=O)CCc1ccc(NC(=O)CNc2cccc(C(=O)N(C)Cc3ccccc3)c2)cc1. The number of hydrogen-bond acceptors (Lipinski definition) is 4. The number of carbonyl (C=O) groups excluding carboxylic acids is 3. The number of carbonyl (C=O) groups is 3. The molecule has 0 bridgehead atoms. The molecule has 0 heterocycles. The Morgan fingerprint density at radius 3 is 2.17 bits per heavy atom. The number of rotatable bonds is 10. The smallest absolute Gasteiger partial charge is 0.253 e. The second-order valence-corrected chi connectivity index (χ2v) is 8.61. The Bertz CT molecular complexity index is 1140. The number of anilines is 2. The van der Waals surface area contributed by atoms with Crippen molar-refractivity contribution in [1.29, 1.82) is 0 Å². The third-order valence-electron chi connectivity index (χ3n) is 5.54. The molecule has 3 amide bonds. The predicted molar refractivity (Wildman–Crippen MR) is 139 cm³/mol. The fourth-order valence-corrected chi connectivity index (χ4v) is 3.53. The van der Waals surface area contributed by atoms with Crippen molar-refractivity contribution in [2.24, 2.45) is 0 Å². The molecule has 0 radical (unpaired) electrons. The highest BCUT2D eigenvalue weighted by Crippen LogP contribution is 2.15. The van der Waals surface area contributed by atoms with Crippen LogP contribution in [0.1, 0.15) is 27.9 Å². The first-order valence-electron chi connectivity index (χ1n) is 11.5. The minimum Gasteiger partial charge on any atom is -0.376 e. The molecule has 0 aromatic heterocycles. The van der Waals surface area contributed by atoms with E-state index in [9.17, 15) is 14.4 Å². The molecule has 3 rings (SSSR count). The van der Waals surface area contributed by atoms with E-state index in [1.54, 1.807) is 49.1 Å². The zero-order chi connectivity index (χ0) is 25.2. The molecular formula is C28H32N4O3. The molecule has 182 valence electrons. The van der Waals surface area contributed by atoms with Crippen molar-refractivity contribution >= 4 is 29.1 Å². The van der Waals surface area contributed by atoms with E-state index in [0.29, 0.717) is 36.3 Å². The van der Waals surface area contributed by atoms with Gasteiger partial charge in [0.05, 0.1) is 6.54 Å². The summed E-state index contributed by atoms with van der Waals surface area (Å²) < 4.78 is 0. The summed E-state index contributed by atoms with van der Waals surface area (Å²) >= 11 is 0. The lowest BCUT2D eigenvalue weighted by Crippen LogP contribution is -2.26. The fraction of sp³-hybridized carbons (Fsp3) is 0.250. The molecule has 3 aromatic rings. The maximum absolute atomic E-state index is 12.8. The van der Waals surface area contributed by atoms with Crippen molar-refractivity contribution in [2.75, 3.05) is 38.3 Å². The Hall–Kier alpha value is -4.13. The minimum atomic E-state index is -0.196. The van der Waals surface area contributed by atoms with E-state index >= 15 is 0 Å². The van der Waals surface area contributed by atoms with E-state index in [4.69, 9.17) is 0 Å². The van der Waals surface area contributed by atoms with Gasteiger partial charge in [0.2, 0.25) is 11.8 Å². The van der Waals surface area contributed by atoms with Gasteiger partial charge in [-0.15, -0.1) is 0 Å². The topological polar surface area (TPSA) is 81.8 Å². The van der Waals surface area contributed by atoms with Gasteiger partial charge in [0.15, 0.2) is 0 Å². The Balaban J connectivity index is 1.49. The van der Waals surface area contributed by atoms with Crippen molar-refractivity contribution in [1.82, 2.24) is 9.80 Å². The lowest BCUT2D eigenvalue weighted by Gasteiger charge is -2.18. The zero-order valence-corrected chi connectivity index (χ0v) is 20.5. The Morgan fingerprint density at radius 1 is 0.771 bits per heavy atom. The first kappa shape index (κ1) is 25.5. The molecular weight excluding hydrogens is 440 g/mol. The van der Waals surface area contributed by atoms with Gasteiger partial charge in [-0.25, -0.2) is 0 Å². The third-order valence-corrected chi connectivity index (χ3v) is 5.54. The quantitative estimate of drug-likeness (QED) is 0.467. The van der Waals surface area contributed by atoms with Gasteiger partial charge in [-0.3, -0.25) is 14.4 Å². The molecule has 7 heteroatoms. The molecule has 0 saturated heterocycles. The Labute approximate surface area is 206 Å². The summed E-state index contributed by atoms with van der Waals surface area (Å²) in [7, 11) is 5.26. The van der Waals surface area contributed by atoms with Crippen molar-refractivity contribution in [3.8, 4) is 0 Å². The number of benzene rings is 3. The summed E-state index contributed by atoms with van der Waals surface area (Å²) in [4.78, 5) is 40.2. The van der Waals surface area contributed by atoms with Gasteiger partial charge in [-0.05, 0) is 47.9 Å². The van der Waals surface area contributed by atoms with Crippen LogP contribution in [0.25, 0.3) is 0 Å². The van der Waals surface area contributed by atoms with Gasteiger partial charge in [0.25, 0.3) is 5.91 Å². The summed E-state index contributed by atoms with van der Waals surface area (Å²) in [6, 6.07) is 24.4. The molecule has 35 heavy (non-hydrogen) atoms. The lowest BCUT2D eigenvalue weighted by molar-refractivity contribution is -0.128. The summed E-state index contributed by atoms with van der Waals surface area (Å²) in [6.07, 6.45) is 1.11.